The largest absolute Gasteiger partial charge is 0.351 e. The Bertz CT molecular complexity index is 1260. The summed E-state index contributed by atoms with van der Waals surface area (Å²) in [6, 6.07) is 2.94. The lowest BCUT2D eigenvalue weighted by Gasteiger charge is -2.06. The quantitative estimate of drug-likeness (QED) is 0.306. The minimum absolute atomic E-state index is 0.478. The number of aromatic nitrogens is 8. The van der Waals surface area contributed by atoms with Crippen LogP contribution < -0.4 is 10.6 Å². The Morgan fingerprint density at radius 1 is 0.906 bits per heavy atom. The Morgan fingerprint density at radius 3 is 2.12 bits per heavy atom. The number of carbonyl (C=O) groups is 1. The molecular formula is C19H22N10OS2. The number of nitrogens with one attached hydrogen (secondary N) is 2. The number of hydrogen-bond donors (Lipinski definition) is 2. The molecule has 0 spiro atoms. The van der Waals surface area contributed by atoms with Crippen molar-refractivity contribution >= 4 is 53.0 Å². The first-order valence-corrected chi connectivity index (χ1v) is 12.7. The molecule has 0 bridgehead atoms. The molecule has 0 amide bonds. The fourth-order valence-corrected chi connectivity index (χ4v) is 3.67. The molecule has 2 aliphatic carbocycles. The van der Waals surface area contributed by atoms with Gasteiger partial charge in [0.15, 0.2) is 27.9 Å². The molecule has 4 heterocycles. The zero-order valence-electron chi connectivity index (χ0n) is 17.6. The number of hydrogen-bond acceptors (Lipinski definition) is 11. The zero-order valence-corrected chi connectivity index (χ0v) is 19.2. The molecule has 0 aliphatic heterocycles. The minimum atomic E-state index is 0.478. The molecule has 166 valence electrons. The van der Waals surface area contributed by atoms with E-state index in [0.717, 1.165) is 35.9 Å². The molecule has 2 saturated carbocycles. The number of thioether (sulfide) groups is 2. The lowest BCUT2D eigenvalue weighted by molar-refractivity contribution is 0.112. The molecule has 0 aromatic carbocycles. The van der Waals surface area contributed by atoms with Gasteiger partial charge in [0, 0.05) is 18.2 Å². The average molecular weight is 471 g/mol. The molecule has 6 rings (SSSR count). The van der Waals surface area contributed by atoms with Gasteiger partial charge in [-0.1, -0.05) is 23.5 Å². The molecule has 13 heteroatoms. The van der Waals surface area contributed by atoms with Gasteiger partial charge in [-0.05, 0) is 38.2 Å². The number of anilines is 2. The van der Waals surface area contributed by atoms with Crippen LogP contribution in [0.3, 0.4) is 0 Å². The summed E-state index contributed by atoms with van der Waals surface area (Å²) in [5.41, 5.74) is 1.89. The van der Waals surface area contributed by atoms with Crippen molar-refractivity contribution in [2.45, 2.75) is 48.1 Å². The summed E-state index contributed by atoms with van der Waals surface area (Å²) < 4.78 is 3.33. The van der Waals surface area contributed by atoms with Crippen LogP contribution in [0.25, 0.3) is 11.3 Å². The van der Waals surface area contributed by atoms with Crippen molar-refractivity contribution in [3.8, 4) is 0 Å². The SMILES string of the molecule is CSc1nc(NC2CC2)n2ncc(C=O)c2n1.CSc1nc(NC2CC2)n2nccc2n1. The fraction of sp³-hybridized carbons (Fsp3) is 0.421. The van der Waals surface area contributed by atoms with Crippen LogP contribution in [0, 0.1) is 0 Å². The normalized spacial score (nSPS) is 15.4. The third kappa shape index (κ3) is 4.48. The molecule has 4 aromatic heterocycles. The van der Waals surface area contributed by atoms with Gasteiger partial charge in [0.2, 0.25) is 11.9 Å². The van der Waals surface area contributed by atoms with Crippen LogP contribution >= 0.6 is 23.5 Å². The monoisotopic (exact) mass is 470 g/mol. The van der Waals surface area contributed by atoms with Crippen molar-refractivity contribution in [2.24, 2.45) is 0 Å². The zero-order chi connectivity index (χ0) is 22.1. The predicted octanol–water partition coefficient (Wildman–Crippen LogP) is 2.65. The van der Waals surface area contributed by atoms with Crippen molar-refractivity contribution < 1.29 is 4.79 Å². The van der Waals surface area contributed by atoms with Gasteiger partial charge in [0.25, 0.3) is 0 Å². The van der Waals surface area contributed by atoms with Gasteiger partial charge in [0.1, 0.15) is 0 Å². The first-order valence-electron chi connectivity index (χ1n) is 10.2. The second-order valence-electron chi connectivity index (χ2n) is 7.46. The Labute approximate surface area is 192 Å². The second-order valence-corrected chi connectivity index (χ2v) is 9.01. The second kappa shape index (κ2) is 8.90. The van der Waals surface area contributed by atoms with Gasteiger partial charge in [0.05, 0.1) is 18.0 Å². The van der Waals surface area contributed by atoms with E-state index in [-0.39, 0.29) is 0 Å². The van der Waals surface area contributed by atoms with Crippen molar-refractivity contribution in [2.75, 3.05) is 23.1 Å². The van der Waals surface area contributed by atoms with Crippen LogP contribution in [0.15, 0.2) is 28.8 Å². The van der Waals surface area contributed by atoms with Crippen LogP contribution in [0.5, 0.6) is 0 Å². The Morgan fingerprint density at radius 2 is 1.53 bits per heavy atom. The number of fused-ring (bicyclic) bond motifs is 2. The molecule has 0 radical (unpaired) electrons. The van der Waals surface area contributed by atoms with E-state index in [1.807, 2.05) is 18.6 Å². The standard InChI is InChI=1S/C10H11N5OS.C9H11N5S/c1-17-10-13-8-6(5-16)4-11-15(8)9(14-10)12-7-2-3-7;1-15-9-12-7-4-5-10-14(7)8(13-9)11-6-2-3-6/h4-5,7H,2-3H2,1H3,(H,12,13,14);4-6H,2-3H2,1H3,(H,11,12,13). The highest BCUT2D eigenvalue weighted by molar-refractivity contribution is 7.98. The number of carbonyl (C=O) groups excluding carboxylic acids is 1. The molecule has 0 saturated heterocycles. The summed E-state index contributed by atoms with van der Waals surface area (Å²) in [4.78, 5) is 28.3. The van der Waals surface area contributed by atoms with Crippen LogP contribution in [0.2, 0.25) is 0 Å². The van der Waals surface area contributed by atoms with Crippen LogP contribution in [0.4, 0.5) is 11.9 Å². The van der Waals surface area contributed by atoms with Gasteiger partial charge < -0.3 is 10.6 Å². The van der Waals surface area contributed by atoms with E-state index in [1.165, 1.54) is 30.8 Å². The van der Waals surface area contributed by atoms with Crippen LogP contribution in [-0.4, -0.2) is 70.0 Å². The van der Waals surface area contributed by atoms with E-state index in [1.54, 1.807) is 27.0 Å². The molecule has 2 fully saturated rings. The first kappa shape index (κ1) is 20.9. The maximum atomic E-state index is 10.9. The minimum Gasteiger partial charge on any atom is -0.351 e. The van der Waals surface area contributed by atoms with Gasteiger partial charge in [-0.2, -0.15) is 29.2 Å². The van der Waals surface area contributed by atoms with E-state index < -0.39 is 0 Å². The lowest BCUT2D eigenvalue weighted by atomic mass is 10.4. The average Bonchev–Trinajstić information content (AvgIpc) is 3.72. The van der Waals surface area contributed by atoms with Gasteiger partial charge >= 0.3 is 0 Å². The van der Waals surface area contributed by atoms with Crippen LogP contribution in [0.1, 0.15) is 36.0 Å². The third-order valence-corrected chi connectivity index (χ3v) is 6.02. The molecule has 0 unspecified atom stereocenters. The number of aldehydes is 1. The number of nitrogens with zero attached hydrogens (tertiary/aromatic N) is 8. The maximum Gasteiger partial charge on any atom is 0.228 e. The number of rotatable bonds is 7. The maximum absolute atomic E-state index is 10.9. The molecule has 32 heavy (non-hydrogen) atoms. The molecule has 2 aliphatic rings. The van der Waals surface area contributed by atoms with E-state index in [0.29, 0.717) is 34.4 Å². The lowest BCUT2D eigenvalue weighted by Crippen LogP contribution is -2.11. The Kier molecular flexibility index (Phi) is 5.83. The van der Waals surface area contributed by atoms with E-state index >= 15 is 0 Å². The molecule has 4 aromatic rings. The summed E-state index contributed by atoms with van der Waals surface area (Å²) in [5, 5.41) is 16.4. The van der Waals surface area contributed by atoms with E-state index in [2.05, 4.69) is 40.8 Å². The molecule has 0 atom stereocenters. The fourth-order valence-electron chi connectivity index (χ4n) is 2.95. The predicted molar refractivity (Wildman–Crippen MR) is 124 cm³/mol. The van der Waals surface area contributed by atoms with Crippen molar-refractivity contribution in [3.63, 3.8) is 0 Å². The summed E-state index contributed by atoms with van der Waals surface area (Å²) in [5.74, 6) is 1.46. The summed E-state index contributed by atoms with van der Waals surface area (Å²) in [6.45, 7) is 0. The summed E-state index contributed by atoms with van der Waals surface area (Å²) in [6.07, 6.45) is 12.7. The molecule has 11 nitrogen and oxygen atoms in total. The highest BCUT2D eigenvalue weighted by Gasteiger charge is 2.24. The highest BCUT2D eigenvalue weighted by Crippen LogP contribution is 2.26. The van der Waals surface area contributed by atoms with Gasteiger partial charge in [-0.3, -0.25) is 4.79 Å². The van der Waals surface area contributed by atoms with Gasteiger partial charge in [-0.25, -0.2) is 9.97 Å². The third-order valence-electron chi connectivity index (χ3n) is 4.92. The van der Waals surface area contributed by atoms with E-state index in [9.17, 15) is 4.79 Å². The highest BCUT2D eigenvalue weighted by atomic mass is 32.2. The first-order chi connectivity index (χ1) is 15.7. The van der Waals surface area contributed by atoms with Gasteiger partial charge in [-0.15, -0.1) is 0 Å². The van der Waals surface area contributed by atoms with Crippen molar-refractivity contribution in [3.05, 3.63) is 24.0 Å². The summed E-state index contributed by atoms with van der Waals surface area (Å²) in [7, 11) is 0. The van der Waals surface area contributed by atoms with Crippen molar-refractivity contribution in [1.29, 1.82) is 0 Å². The van der Waals surface area contributed by atoms with Crippen molar-refractivity contribution in [1.82, 2.24) is 39.2 Å². The summed E-state index contributed by atoms with van der Waals surface area (Å²) >= 11 is 2.99. The topological polar surface area (TPSA) is 127 Å². The molecular weight excluding hydrogens is 448 g/mol. The Hall–Kier alpha value is -2.93. The van der Waals surface area contributed by atoms with E-state index in [4.69, 9.17) is 0 Å². The smallest absolute Gasteiger partial charge is 0.228 e. The Balaban J connectivity index is 0.000000136. The van der Waals surface area contributed by atoms with Crippen LogP contribution in [-0.2, 0) is 0 Å². The molecule has 2 N–H and O–H groups in total.